The number of likely N-dealkylation sites (tertiary alicyclic amines) is 1. The van der Waals surface area contributed by atoms with Crippen LogP contribution in [0.15, 0.2) is 0 Å². The molecule has 5 heteroatoms. The number of amides is 1. The Balaban J connectivity index is 0.00000147. The van der Waals surface area contributed by atoms with Crippen LogP contribution in [0.1, 0.15) is 38.5 Å². The van der Waals surface area contributed by atoms with Crippen molar-refractivity contribution in [1.29, 1.82) is 0 Å². The van der Waals surface area contributed by atoms with E-state index in [0.29, 0.717) is 11.8 Å². The minimum absolute atomic E-state index is 0. The summed E-state index contributed by atoms with van der Waals surface area (Å²) in [4.78, 5) is 15.1. The third-order valence-corrected chi connectivity index (χ3v) is 5.46. The van der Waals surface area contributed by atoms with Crippen LogP contribution in [-0.2, 0) is 9.53 Å². The maximum absolute atomic E-state index is 13.0. The van der Waals surface area contributed by atoms with Crippen molar-refractivity contribution < 1.29 is 9.53 Å². The predicted molar refractivity (Wildman–Crippen MR) is 81.1 cm³/mol. The van der Waals surface area contributed by atoms with Crippen molar-refractivity contribution in [2.75, 3.05) is 33.3 Å². The first kappa shape index (κ1) is 16.1. The van der Waals surface area contributed by atoms with Gasteiger partial charge in [0.15, 0.2) is 0 Å². The van der Waals surface area contributed by atoms with Gasteiger partial charge in [-0.1, -0.05) is 12.8 Å². The van der Waals surface area contributed by atoms with Gasteiger partial charge in [0.1, 0.15) is 0 Å². The van der Waals surface area contributed by atoms with Gasteiger partial charge >= 0.3 is 0 Å². The molecule has 20 heavy (non-hydrogen) atoms. The molecule has 1 unspecified atom stereocenters. The van der Waals surface area contributed by atoms with Crippen LogP contribution in [0.5, 0.6) is 0 Å². The second kappa shape index (κ2) is 6.63. The molecule has 0 bridgehead atoms. The summed E-state index contributed by atoms with van der Waals surface area (Å²) in [7, 11) is 1.76. The number of hydrogen-bond donors (Lipinski definition) is 1. The Bertz CT molecular complexity index is 353. The van der Waals surface area contributed by atoms with Crippen LogP contribution in [0.4, 0.5) is 0 Å². The number of fused-ring (bicyclic) bond motifs is 1. The molecule has 2 saturated heterocycles. The fourth-order valence-electron chi connectivity index (χ4n) is 4.30. The smallest absolute Gasteiger partial charge is 0.230 e. The molecule has 1 saturated carbocycles. The maximum Gasteiger partial charge on any atom is 0.230 e. The molecule has 0 aromatic heterocycles. The molecule has 1 N–H and O–H groups in total. The van der Waals surface area contributed by atoms with E-state index in [9.17, 15) is 4.79 Å². The highest BCUT2D eigenvalue weighted by molar-refractivity contribution is 5.85. The lowest BCUT2D eigenvalue weighted by Gasteiger charge is -2.43. The highest BCUT2D eigenvalue weighted by Gasteiger charge is 2.51. The van der Waals surface area contributed by atoms with E-state index in [1.54, 1.807) is 7.11 Å². The van der Waals surface area contributed by atoms with Crippen molar-refractivity contribution in [2.45, 2.75) is 44.6 Å². The standard InChI is InChI=1S/C15H26N2O2.ClH/c1-19-13-6-4-8-17(10-13)14(18)15-7-3-2-5-12(15)9-16-11-15;/h12-13,16H,2-11H2,1H3;1H/t12-,13?,15+;/m0./s1. The molecule has 1 amide bonds. The maximum atomic E-state index is 13.0. The number of rotatable bonds is 2. The van der Waals surface area contributed by atoms with E-state index >= 15 is 0 Å². The summed E-state index contributed by atoms with van der Waals surface area (Å²) >= 11 is 0. The lowest BCUT2D eigenvalue weighted by atomic mass is 9.67. The average molecular weight is 303 g/mol. The minimum Gasteiger partial charge on any atom is -0.380 e. The van der Waals surface area contributed by atoms with Gasteiger partial charge in [0.05, 0.1) is 11.5 Å². The molecule has 3 atom stereocenters. The number of hydrogen-bond acceptors (Lipinski definition) is 3. The first-order valence-electron chi connectivity index (χ1n) is 7.79. The van der Waals surface area contributed by atoms with Gasteiger partial charge in [0, 0.05) is 26.7 Å². The number of piperidine rings is 1. The highest BCUT2D eigenvalue weighted by Crippen LogP contribution is 2.45. The molecular weight excluding hydrogens is 276 g/mol. The van der Waals surface area contributed by atoms with E-state index in [-0.39, 0.29) is 23.9 Å². The summed E-state index contributed by atoms with van der Waals surface area (Å²) in [5.74, 6) is 0.973. The van der Waals surface area contributed by atoms with Crippen LogP contribution in [0.25, 0.3) is 0 Å². The Morgan fingerprint density at radius 3 is 2.95 bits per heavy atom. The summed E-state index contributed by atoms with van der Waals surface area (Å²) in [5, 5.41) is 3.47. The largest absolute Gasteiger partial charge is 0.380 e. The number of nitrogens with one attached hydrogen (secondary N) is 1. The zero-order valence-electron chi connectivity index (χ0n) is 12.4. The van der Waals surface area contributed by atoms with Gasteiger partial charge in [0.25, 0.3) is 0 Å². The molecule has 0 aromatic carbocycles. The molecule has 116 valence electrons. The SMILES string of the molecule is COC1CCCN(C(=O)[C@@]23CCCC[C@H]2CNC3)C1.Cl. The van der Waals surface area contributed by atoms with Gasteiger partial charge in [-0.15, -0.1) is 12.4 Å². The van der Waals surface area contributed by atoms with E-state index < -0.39 is 0 Å². The molecule has 0 radical (unpaired) electrons. The third kappa shape index (κ3) is 2.70. The summed E-state index contributed by atoms with van der Waals surface area (Å²) in [6, 6.07) is 0. The summed E-state index contributed by atoms with van der Waals surface area (Å²) in [6.45, 7) is 3.65. The van der Waals surface area contributed by atoms with Crippen LogP contribution in [0, 0.1) is 11.3 Å². The first-order chi connectivity index (χ1) is 9.26. The van der Waals surface area contributed by atoms with Crippen molar-refractivity contribution in [3.05, 3.63) is 0 Å². The lowest BCUT2D eigenvalue weighted by molar-refractivity contribution is -0.149. The van der Waals surface area contributed by atoms with Crippen molar-refractivity contribution in [2.24, 2.45) is 11.3 Å². The monoisotopic (exact) mass is 302 g/mol. The summed E-state index contributed by atoms with van der Waals surface area (Å²) in [6.07, 6.45) is 7.23. The number of methoxy groups -OCH3 is 1. The number of carbonyl (C=O) groups excluding carboxylic acids is 1. The van der Waals surface area contributed by atoms with Gasteiger partial charge in [-0.05, 0) is 38.1 Å². The molecule has 2 aliphatic heterocycles. The van der Waals surface area contributed by atoms with Crippen LogP contribution in [0.2, 0.25) is 0 Å². The second-order valence-electron chi connectivity index (χ2n) is 6.48. The van der Waals surface area contributed by atoms with Gasteiger partial charge in [-0.3, -0.25) is 4.79 Å². The second-order valence-corrected chi connectivity index (χ2v) is 6.48. The Kier molecular flexibility index (Phi) is 5.32. The van der Waals surface area contributed by atoms with Gasteiger partial charge < -0.3 is 15.0 Å². The first-order valence-corrected chi connectivity index (χ1v) is 7.79. The molecule has 3 aliphatic rings. The summed E-state index contributed by atoms with van der Waals surface area (Å²) < 4.78 is 5.46. The van der Waals surface area contributed by atoms with Crippen LogP contribution < -0.4 is 5.32 Å². The third-order valence-electron chi connectivity index (χ3n) is 5.46. The Hall–Kier alpha value is -0.320. The molecule has 0 aromatic rings. The fourth-order valence-corrected chi connectivity index (χ4v) is 4.30. The Morgan fingerprint density at radius 2 is 2.15 bits per heavy atom. The molecule has 4 nitrogen and oxygen atoms in total. The van der Waals surface area contributed by atoms with Crippen molar-refractivity contribution >= 4 is 18.3 Å². The van der Waals surface area contributed by atoms with E-state index in [0.717, 1.165) is 45.4 Å². The van der Waals surface area contributed by atoms with E-state index in [2.05, 4.69) is 10.2 Å². The van der Waals surface area contributed by atoms with Gasteiger partial charge in [-0.2, -0.15) is 0 Å². The molecule has 2 heterocycles. The zero-order chi connectivity index (χ0) is 13.3. The normalized spacial score (nSPS) is 37.1. The van der Waals surface area contributed by atoms with Gasteiger partial charge in [0.2, 0.25) is 5.91 Å². The van der Waals surface area contributed by atoms with E-state index in [1.165, 1.54) is 19.3 Å². The molecule has 1 aliphatic carbocycles. The topological polar surface area (TPSA) is 41.6 Å². The molecule has 3 rings (SSSR count). The lowest BCUT2D eigenvalue weighted by Crippen LogP contribution is -2.53. The van der Waals surface area contributed by atoms with Crippen LogP contribution in [-0.4, -0.2) is 50.2 Å². The number of halogens is 1. The number of ether oxygens (including phenoxy) is 1. The quantitative estimate of drug-likeness (QED) is 0.846. The van der Waals surface area contributed by atoms with E-state index in [4.69, 9.17) is 4.74 Å². The van der Waals surface area contributed by atoms with Gasteiger partial charge in [-0.25, -0.2) is 0 Å². The van der Waals surface area contributed by atoms with Crippen molar-refractivity contribution in [1.82, 2.24) is 10.2 Å². The Labute approximate surface area is 128 Å². The molecule has 3 fully saturated rings. The van der Waals surface area contributed by atoms with Crippen LogP contribution >= 0.6 is 12.4 Å². The Morgan fingerprint density at radius 1 is 1.30 bits per heavy atom. The number of nitrogens with zero attached hydrogens (tertiary/aromatic N) is 1. The minimum atomic E-state index is -0.0894. The summed E-state index contributed by atoms with van der Waals surface area (Å²) in [5.41, 5.74) is -0.0894. The molecular formula is C15H27ClN2O2. The van der Waals surface area contributed by atoms with Crippen LogP contribution in [0.3, 0.4) is 0 Å². The average Bonchev–Trinajstić information content (AvgIpc) is 2.91. The zero-order valence-corrected chi connectivity index (χ0v) is 13.2. The highest BCUT2D eigenvalue weighted by atomic mass is 35.5. The number of carbonyl (C=O) groups is 1. The van der Waals surface area contributed by atoms with Crippen molar-refractivity contribution in [3.63, 3.8) is 0 Å². The molecule has 0 spiro atoms. The van der Waals surface area contributed by atoms with Crippen molar-refractivity contribution in [3.8, 4) is 0 Å². The predicted octanol–water partition coefficient (Wildman–Crippen LogP) is 1.83. The van der Waals surface area contributed by atoms with E-state index in [1.807, 2.05) is 0 Å². The fraction of sp³-hybridized carbons (Fsp3) is 0.933.